The van der Waals surface area contributed by atoms with E-state index in [0.717, 1.165) is 43.9 Å². The van der Waals surface area contributed by atoms with E-state index >= 15 is 0 Å². The van der Waals surface area contributed by atoms with Gasteiger partial charge in [-0.3, -0.25) is 4.79 Å². The Bertz CT molecular complexity index is 974. The largest absolute Gasteiger partial charge is 0.361 e. The number of likely N-dealkylation sites (N-methyl/N-ethyl adjacent to an activating group) is 1. The van der Waals surface area contributed by atoms with E-state index in [0.29, 0.717) is 18.1 Å². The summed E-state index contributed by atoms with van der Waals surface area (Å²) in [7, 11) is 2.12. The van der Waals surface area contributed by atoms with Crippen molar-refractivity contribution < 1.29 is 4.79 Å². The van der Waals surface area contributed by atoms with Gasteiger partial charge in [-0.15, -0.1) is 0 Å². The lowest BCUT2D eigenvalue weighted by Crippen LogP contribution is -2.45. The molecule has 7 heteroatoms. The van der Waals surface area contributed by atoms with Gasteiger partial charge in [0, 0.05) is 55.9 Å². The molecule has 0 aliphatic carbocycles. The number of fused-ring (bicyclic) bond motifs is 1. The van der Waals surface area contributed by atoms with Crippen molar-refractivity contribution in [1.29, 1.82) is 0 Å². The molecule has 1 amide bonds. The molecular formula is C21H26N6O. The number of benzene rings is 1. The number of aromatic nitrogens is 3. The van der Waals surface area contributed by atoms with Crippen LogP contribution in [0.15, 0.2) is 36.5 Å². The number of carbonyl (C=O) groups is 1. The van der Waals surface area contributed by atoms with E-state index in [2.05, 4.69) is 49.2 Å². The molecule has 2 N–H and O–H groups in total. The van der Waals surface area contributed by atoms with Gasteiger partial charge in [0.05, 0.1) is 0 Å². The van der Waals surface area contributed by atoms with Crippen LogP contribution in [-0.4, -0.2) is 65.5 Å². The minimum absolute atomic E-state index is 0.152. The van der Waals surface area contributed by atoms with Crippen LogP contribution in [0.25, 0.3) is 10.9 Å². The van der Waals surface area contributed by atoms with Gasteiger partial charge in [-0.25, -0.2) is 9.97 Å². The van der Waals surface area contributed by atoms with Crippen LogP contribution in [0.2, 0.25) is 0 Å². The van der Waals surface area contributed by atoms with Crippen LogP contribution >= 0.6 is 0 Å². The van der Waals surface area contributed by atoms with Crippen molar-refractivity contribution in [2.45, 2.75) is 13.3 Å². The lowest BCUT2D eigenvalue weighted by Gasteiger charge is -2.33. The van der Waals surface area contributed by atoms with Crippen molar-refractivity contribution in [3.05, 3.63) is 53.6 Å². The Kier molecular flexibility index (Phi) is 5.25. The number of amides is 1. The number of nitrogens with one attached hydrogen (secondary N) is 2. The zero-order valence-electron chi connectivity index (χ0n) is 16.4. The fraction of sp³-hybridized carbons (Fsp3) is 0.381. The van der Waals surface area contributed by atoms with Crippen LogP contribution in [0.3, 0.4) is 0 Å². The van der Waals surface area contributed by atoms with Gasteiger partial charge in [0.2, 0.25) is 0 Å². The van der Waals surface area contributed by atoms with Gasteiger partial charge < -0.3 is 20.1 Å². The maximum absolute atomic E-state index is 12.6. The van der Waals surface area contributed by atoms with Crippen molar-refractivity contribution in [2.75, 3.05) is 44.7 Å². The van der Waals surface area contributed by atoms with Crippen LogP contribution in [0.4, 0.5) is 5.82 Å². The highest BCUT2D eigenvalue weighted by Gasteiger charge is 2.18. The summed E-state index contributed by atoms with van der Waals surface area (Å²) in [5.74, 6) is 1.31. The van der Waals surface area contributed by atoms with Crippen molar-refractivity contribution in [1.82, 2.24) is 25.2 Å². The Morgan fingerprint density at radius 2 is 1.96 bits per heavy atom. The maximum atomic E-state index is 12.6. The normalized spacial score (nSPS) is 15.1. The highest BCUT2D eigenvalue weighted by molar-refractivity contribution is 5.93. The number of H-pyrrole nitrogens is 1. The molecule has 0 unspecified atom stereocenters. The molecule has 0 spiro atoms. The van der Waals surface area contributed by atoms with E-state index < -0.39 is 0 Å². The minimum Gasteiger partial charge on any atom is -0.361 e. The van der Waals surface area contributed by atoms with Crippen LogP contribution in [0, 0.1) is 6.92 Å². The topological polar surface area (TPSA) is 77.2 Å². The second kappa shape index (κ2) is 7.98. The Morgan fingerprint density at radius 1 is 1.18 bits per heavy atom. The molecular weight excluding hydrogens is 352 g/mol. The lowest BCUT2D eigenvalue weighted by molar-refractivity contribution is 0.0948. The average Bonchev–Trinajstić information content (AvgIpc) is 3.11. The molecule has 0 atom stereocenters. The second-order valence-corrected chi connectivity index (χ2v) is 7.31. The monoisotopic (exact) mass is 378 g/mol. The van der Waals surface area contributed by atoms with Gasteiger partial charge in [0.15, 0.2) is 0 Å². The Balaban J connectivity index is 1.40. The Hall–Kier alpha value is -2.93. The van der Waals surface area contributed by atoms with Crippen molar-refractivity contribution >= 4 is 22.6 Å². The molecule has 0 saturated carbocycles. The van der Waals surface area contributed by atoms with Crippen LogP contribution in [-0.2, 0) is 6.42 Å². The predicted octanol–water partition coefficient (Wildman–Crippen LogP) is 1.99. The first kappa shape index (κ1) is 18.4. The number of piperazine rings is 1. The molecule has 1 fully saturated rings. The summed E-state index contributed by atoms with van der Waals surface area (Å²) in [6.07, 6.45) is 2.78. The fourth-order valence-electron chi connectivity index (χ4n) is 3.61. The first-order valence-electron chi connectivity index (χ1n) is 9.72. The molecule has 3 aromatic rings. The summed E-state index contributed by atoms with van der Waals surface area (Å²) in [6, 6.07) is 10.0. The van der Waals surface area contributed by atoms with E-state index in [1.54, 1.807) is 6.07 Å². The van der Waals surface area contributed by atoms with Gasteiger partial charge in [-0.05, 0) is 32.0 Å². The Labute approximate surface area is 164 Å². The van der Waals surface area contributed by atoms with E-state index in [-0.39, 0.29) is 5.91 Å². The summed E-state index contributed by atoms with van der Waals surface area (Å²) < 4.78 is 0. The SMILES string of the molecule is Cc1nc(C(=O)NCCc2c[nH]c3ccccc23)cc(N2CCN(C)CC2)n1. The van der Waals surface area contributed by atoms with E-state index in [4.69, 9.17) is 0 Å². The molecule has 2 aromatic heterocycles. The maximum Gasteiger partial charge on any atom is 0.270 e. The minimum atomic E-state index is -0.152. The number of aromatic amines is 1. The van der Waals surface area contributed by atoms with E-state index in [9.17, 15) is 4.79 Å². The van der Waals surface area contributed by atoms with Crippen LogP contribution in [0.5, 0.6) is 0 Å². The summed E-state index contributed by atoms with van der Waals surface area (Å²) in [4.78, 5) is 29.3. The smallest absolute Gasteiger partial charge is 0.270 e. The van der Waals surface area contributed by atoms with E-state index in [1.807, 2.05) is 25.3 Å². The molecule has 0 bridgehead atoms. The third-order valence-corrected chi connectivity index (χ3v) is 5.24. The number of hydrogen-bond acceptors (Lipinski definition) is 5. The third kappa shape index (κ3) is 3.99. The number of aryl methyl sites for hydroxylation is 1. The summed E-state index contributed by atoms with van der Waals surface area (Å²) in [6.45, 7) is 6.21. The average molecular weight is 378 g/mol. The molecule has 28 heavy (non-hydrogen) atoms. The molecule has 0 radical (unpaired) electrons. The molecule has 7 nitrogen and oxygen atoms in total. The second-order valence-electron chi connectivity index (χ2n) is 7.31. The molecule has 1 aliphatic rings. The molecule has 1 aliphatic heterocycles. The van der Waals surface area contributed by atoms with Gasteiger partial charge in [0.25, 0.3) is 5.91 Å². The molecule has 1 saturated heterocycles. The highest BCUT2D eigenvalue weighted by atomic mass is 16.1. The van der Waals surface area contributed by atoms with Crippen LogP contribution in [0.1, 0.15) is 21.9 Å². The number of para-hydroxylation sites is 1. The number of hydrogen-bond donors (Lipinski definition) is 2. The standard InChI is InChI=1S/C21H26N6O/c1-15-24-19(13-20(25-15)27-11-9-26(2)10-12-27)21(28)22-8-7-16-14-23-18-6-4-3-5-17(16)18/h3-6,13-14,23H,7-12H2,1-2H3,(H,22,28). The first-order valence-corrected chi connectivity index (χ1v) is 9.72. The van der Waals surface area contributed by atoms with Gasteiger partial charge in [-0.2, -0.15) is 0 Å². The van der Waals surface area contributed by atoms with Crippen molar-refractivity contribution in [3.63, 3.8) is 0 Å². The number of anilines is 1. The van der Waals surface area contributed by atoms with E-state index in [1.165, 1.54) is 10.9 Å². The molecule has 1 aromatic carbocycles. The quantitative estimate of drug-likeness (QED) is 0.710. The number of rotatable bonds is 5. The summed E-state index contributed by atoms with van der Waals surface area (Å²) >= 11 is 0. The zero-order chi connectivity index (χ0) is 19.5. The summed E-state index contributed by atoms with van der Waals surface area (Å²) in [5.41, 5.74) is 2.75. The van der Waals surface area contributed by atoms with Crippen LogP contribution < -0.4 is 10.2 Å². The zero-order valence-corrected chi connectivity index (χ0v) is 16.4. The molecule has 146 valence electrons. The first-order chi connectivity index (χ1) is 13.6. The lowest BCUT2D eigenvalue weighted by atomic mass is 10.1. The fourth-order valence-corrected chi connectivity index (χ4v) is 3.61. The molecule has 4 rings (SSSR count). The number of carbonyl (C=O) groups excluding carboxylic acids is 1. The van der Waals surface area contributed by atoms with Gasteiger partial charge >= 0.3 is 0 Å². The van der Waals surface area contributed by atoms with Crippen molar-refractivity contribution in [3.8, 4) is 0 Å². The predicted molar refractivity (Wildman–Crippen MR) is 111 cm³/mol. The highest BCUT2D eigenvalue weighted by Crippen LogP contribution is 2.18. The third-order valence-electron chi connectivity index (χ3n) is 5.24. The Morgan fingerprint density at radius 3 is 2.79 bits per heavy atom. The van der Waals surface area contributed by atoms with Crippen molar-refractivity contribution in [2.24, 2.45) is 0 Å². The van der Waals surface area contributed by atoms with Gasteiger partial charge in [0.1, 0.15) is 17.3 Å². The van der Waals surface area contributed by atoms with Gasteiger partial charge in [-0.1, -0.05) is 18.2 Å². The number of nitrogens with zero attached hydrogens (tertiary/aromatic N) is 4. The molecule has 3 heterocycles. The summed E-state index contributed by atoms with van der Waals surface area (Å²) in [5, 5.41) is 4.20.